The van der Waals surface area contributed by atoms with E-state index in [0.29, 0.717) is 11.6 Å². The number of amides is 1. The molecule has 0 radical (unpaired) electrons. The predicted octanol–water partition coefficient (Wildman–Crippen LogP) is 3.43. The average Bonchev–Trinajstić information content (AvgIpc) is 2.94. The van der Waals surface area contributed by atoms with Gasteiger partial charge in [-0.15, -0.1) is 11.3 Å². The van der Waals surface area contributed by atoms with Crippen molar-refractivity contribution in [3.63, 3.8) is 0 Å². The normalized spacial score (nSPS) is 11.0. The molecule has 4 nitrogen and oxygen atoms in total. The summed E-state index contributed by atoms with van der Waals surface area (Å²) in [6, 6.07) is 6.30. The maximum Gasteiger partial charge on any atom is 0.230 e. The average molecular weight is 299 g/mol. The zero-order chi connectivity index (χ0) is 15.0. The number of carbonyl (C=O) groups excluding carboxylic acids is 1. The minimum atomic E-state index is -0.0302. The molecule has 0 fully saturated rings. The van der Waals surface area contributed by atoms with Crippen LogP contribution in [-0.2, 0) is 18.3 Å². The molecule has 5 heteroatoms. The third-order valence-corrected chi connectivity index (χ3v) is 4.28. The Morgan fingerprint density at radius 2 is 2.19 bits per heavy atom. The number of anilines is 1. The lowest BCUT2D eigenvalue weighted by molar-refractivity contribution is -0.115. The molecule has 0 aliphatic rings. The molecule has 0 aliphatic carbocycles. The van der Waals surface area contributed by atoms with Gasteiger partial charge in [-0.3, -0.25) is 4.79 Å². The minimum absolute atomic E-state index is 0.0302. The molecular formula is C16H17N3OS. The molecular weight excluding hydrogens is 282 g/mol. The highest BCUT2D eigenvalue weighted by molar-refractivity contribution is 7.15. The number of hydrogen-bond acceptors (Lipinski definition) is 3. The highest BCUT2D eigenvalue weighted by Gasteiger charge is 2.12. The second kappa shape index (κ2) is 5.33. The van der Waals surface area contributed by atoms with Crippen LogP contribution in [0.2, 0.25) is 0 Å². The Bertz CT molecular complexity index is 816. The molecule has 0 bridgehead atoms. The van der Waals surface area contributed by atoms with E-state index in [4.69, 9.17) is 0 Å². The molecule has 2 heterocycles. The standard InChI is InChI=1S/C16H17N3OS/c1-10-4-5-13-12(9-19(3)14(13)6-10)7-15(20)18-16-17-8-11(2)21-16/h4-6,8-9H,7H2,1-3H3,(H,17,18,20). The van der Waals surface area contributed by atoms with Gasteiger partial charge in [0, 0.05) is 35.2 Å². The van der Waals surface area contributed by atoms with Gasteiger partial charge in [0.1, 0.15) is 0 Å². The number of aryl methyl sites for hydroxylation is 3. The molecule has 3 rings (SSSR count). The summed E-state index contributed by atoms with van der Waals surface area (Å²) in [5.74, 6) is -0.0302. The first-order valence-corrected chi connectivity index (χ1v) is 7.61. The van der Waals surface area contributed by atoms with Crippen LogP contribution in [0.4, 0.5) is 5.13 Å². The zero-order valence-corrected chi connectivity index (χ0v) is 13.1. The molecule has 1 aromatic carbocycles. The van der Waals surface area contributed by atoms with Gasteiger partial charge < -0.3 is 9.88 Å². The maximum atomic E-state index is 12.2. The van der Waals surface area contributed by atoms with Crippen molar-refractivity contribution in [3.8, 4) is 0 Å². The summed E-state index contributed by atoms with van der Waals surface area (Å²) in [5.41, 5.74) is 3.42. The van der Waals surface area contributed by atoms with Gasteiger partial charge in [-0.25, -0.2) is 4.98 Å². The molecule has 0 aliphatic heterocycles. The fraction of sp³-hybridized carbons (Fsp3) is 0.250. The van der Waals surface area contributed by atoms with Gasteiger partial charge in [0.05, 0.1) is 6.42 Å². The minimum Gasteiger partial charge on any atom is -0.350 e. The van der Waals surface area contributed by atoms with Crippen molar-refractivity contribution in [2.75, 3.05) is 5.32 Å². The summed E-state index contributed by atoms with van der Waals surface area (Å²) in [6.45, 7) is 4.05. The van der Waals surface area contributed by atoms with Crippen LogP contribution in [-0.4, -0.2) is 15.5 Å². The first-order valence-electron chi connectivity index (χ1n) is 6.80. The molecule has 1 amide bonds. The molecule has 1 N–H and O–H groups in total. The molecule has 0 atom stereocenters. The first-order chi connectivity index (χ1) is 10.0. The number of aromatic nitrogens is 2. The number of thiazole rings is 1. The summed E-state index contributed by atoms with van der Waals surface area (Å²) in [6.07, 6.45) is 4.15. The molecule has 2 aromatic heterocycles. The van der Waals surface area contributed by atoms with Crippen LogP contribution in [0.5, 0.6) is 0 Å². The molecule has 0 spiro atoms. The molecule has 3 aromatic rings. The van der Waals surface area contributed by atoms with E-state index in [1.165, 1.54) is 16.9 Å². The number of rotatable bonds is 3. The first kappa shape index (κ1) is 13.8. The highest BCUT2D eigenvalue weighted by Crippen LogP contribution is 2.23. The fourth-order valence-corrected chi connectivity index (χ4v) is 3.15. The smallest absolute Gasteiger partial charge is 0.230 e. The third kappa shape index (κ3) is 2.83. The second-order valence-electron chi connectivity index (χ2n) is 5.29. The van der Waals surface area contributed by atoms with Crippen molar-refractivity contribution < 1.29 is 4.79 Å². The number of fused-ring (bicyclic) bond motifs is 1. The van der Waals surface area contributed by atoms with Gasteiger partial charge in [0.15, 0.2) is 5.13 Å². The van der Waals surface area contributed by atoms with Crippen molar-refractivity contribution in [1.82, 2.24) is 9.55 Å². The van der Waals surface area contributed by atoms with E-state index in [1.54, 1.807) is 6.20 Å². The van der Waals surface area contributed by atoms with Crippen molar-refractivity contribution in [3.05, 3.63) is 46.6 Å². The Morgan fingerprint density at radius 1 is 1.38 bits per heavy atom. The van der Waals surface area contributed by atoms with E-state index in [1.807, 2.05) is 20.2 Å². The molecule has 0 unspecified atom stereocenters. The maximum absolute atomic E-state index is 12.2. The lowest BCUT2D eigenvalue weighted by Gasteiger charge is -2.01. The summed E-state index contributed by atoms with van der Waals surface area (Å²) in [5, 5.41) is 4.65. The van der Waals surface area contributed by atoms with Crippen LogP contribution < -0.4 is 5.32 Å². The van der Waals surface area contributed by atoms with Crippen LogP contribution >= 0.6 is 11.3 Å². The summed E-state index contributed by atoms with van der Waals surface area (Å²) < 4.78 is 2.07. The Hall–Kier alpha value is -2.14. The number of hydrogen-bond donors (Lipinski definition) is 1. The van der Waals surface area contributed by atoms with Crippen LogP contribution in [0.3, 0.4) is 0 Å². The summed E-state index contributed by atoms with van der Waals surface area (Å²) in [7, 11) is 2.01. The van der Waals surface area contributed by atoms with Crippen molar-refractivity contribution in [1.29, 1.82) is 0 Å². The van der Waals surface area contributed by atoms with E-state index in [2.05, 4.69) is 40.0 Å². The number of carbonyl (C=O) groups is 1. The van der Waals surface area contributed by atoms with Gasteiger partial charge in [-0.1, -0.05) is 12.1 Å². The Balaban J connectivity index is 1.83. The van der Waals surface area contributed by atoms with Crippen LogP contribution in [0, 0.1) is 13.8 Å². The summed E-state index contributed by atoms with van der Waals surface area (Å²) >= 11 is 1.49. The Kier molecular flexibility index (Phi) is 3.51. The predicted molar refractivity (Wildman–Crippen MR) is 86.8 cm³/mol. The lowest BCUT2D eigenvalue weighted by atomic mass is 10.1. The zero-order valence-electron chi connectivity index (χ0n) is 12.3. The van der Waals surface area contributed by atoms with Crippen LogP contribution in [0.15, 0.2) is 30.6 Å². The molecule has 0 saturated carbocycles. The van der Waals surface area contributed by atoms with Crippen LogP contribution in [0.25, 0.3) is 10.9 Å². The monoisotopic (exact) mass is 299 g/mol. The van der Waals surface area contributed by atoms with Gasteiger partial charge in [0.25, 0.3) is 0 Å². The lowest BCUT2D eigenvalue weighted by Crippen LogP contribution is -2.13. The second-order valence-corrected chi connectivity index (χ2v) is 6.52. The summed E-state index contributed by atoms with van der Waals surface area (Å²) in [4.78, 5) is 17.4. The van der Waals surface area contributed by atoms with E-state index < -0.39 is 0 Å². The molecule has 21 heavy (non-hydrogen) atoms. The quantitative estimate of drug-likeness (QED) is 0.805. The molecule has 108 valence electrons. The topological polar surface area (TPSA) is 46.9 Å². The fourth-order valence-electron chi connectivity index (χ4n) is 2.47. The number of nitrogens with zero attached hydrogens (tertiary/aromatic N) is 2. The molecule has 0 saturated heterocycles. The Labute approximate surface area is 127 Å². The Morgan fingerprint density at radius 3 is 2.90 bits per heavy atom. The number of nitrogens with one attached hydrogen (secondary N) is 1. The number of benzene rings is 1. The largest absolute Gasteiger partial charge is 0.350 e. The van der Waals surface area contributed by atoms with Gasteiger partial charge in [-0.2, -0.15) is 0 Å². The SMILES string of the molecule is Cc1ccc2c(CC(=O)Nc3ncc(C)s3)cn(C)c2c1. The van der Waals surface area contributed by atoms with Crippen molar-refractivity contribution in [2.45, 2.75) is 20.3 Å². The van der Waals surface area contributed by atoms with Gasteiger partial charge in [0.2, 0.25) is 5.91 Å². The van der Waals surface area contributed by atoms with E-state index in [-0.39, 0.29) is 5.91 Å². The van der Waals surface area contributed by atoms with E-state index >= 15 is 0 Å². The van der Waals surface area contributed by atoms with Gasteiger partial charge in [-0.05, 0) is 31.0 Å². The van der Waals surface area contributed by atoms with E-state index in [9.17, 15) is 4.79 Å². The van der Waals surface area contributed by atoms with Gasteiger partial charge >= 0.3 is 0 Å². The van der Waals surface area contributed by atoms with Crippen molar-refractivity contribution in [2.24, 2.45) is 7.05 Å². The van der Waals surface area contributed by atoms with Crippen molar-refractivity contribution >= 4 is 33.3 Å². The highest BCUT2D eigenvalue weighted by atomic mass is 32.1. The third-order valence-electron chi connectivity index (χ3n) is 3.45. The van der Waals surface area contributed by atoms with Crippen LogP contribution in [0.1, 0.15) is 16.0 Å². The van der Waals surface area contributed by atoms with E-state index in [0.717, 1.165) is 21.3 Å².